The Hall–Kier alpha value is -0.400. The molecule has 0 aliphatic carbocycles. The van der Waals surface area contributed by atoms with Crippen LogP contribution in [0.2, 0.25) is 0 Å². The number of unbranched alkanes of at least 4 members (excludes halogenated alkanes) is 3. The van der Waals surface area contributed by atoms with Crippen molar-refractivity contribution in [3.63, 3.8) is 0 Å². The second-order valence-corrected chi connectivity index (χ2v) is 11.7. The van der Waals surface area contributed by atoms with Crippen LogP contribution in [0, 0.1) is 0 Å². The maximum absolute atomic E-state index is 11.5. The van der Waals surface area contributed by atoms with Gasteiger partial charge in [0.05, 0.1) is 126 Å². The van der Waals surface area contributed by atoms with Gasteiger partial charge in [-0.2, -0.15) is 0 Å². The molecule has 0 aliphatic heterocycles. The highest BCUT2D eigenvalue weighted by Crippen LogP contribution is 2.06. The van der Waals surface area contributed by atoms with Gasteiger partial charge in [0.25, 0.3) is 0 Å². The molecule has 0 aromatic carbocycles. The Morgan fingerprint density at radius 3 is 1.04 bits per heavy atom. The number of carbonyl (C=O) groups excluding carboxylic acids is 1. The lowest BCUT2D eigenvalue weighted by molar-refractivity contribution is -0.0264. The number of rotatable bonds is 36. The van der Waals surface area contributed by atoms with E-state index in [2.05, 4.69) is 27.9 Å². The molecule has 1 amide bonds. The predicted molar refractivity (Wildman–Crippen MR) is 180 cm³/mol. The number of alkyl carbamates (subject to hydrolysis) is 1. The van der Waals surface area contributed by atoms with Crippen molar-refractivity contribution in [1.82, 2.24) is 5.32 Å². The van der Waals surface area contributed by atoms with E-state index in [1.54, 1.807) is 0 Å². The molecule has 0 spiro atoms. The zero-order valence-corrected chi connectivity index (χ0v) is 30.3. The number of halogens is 1. The smallest absolute Gasteiger partial charge is 0.407 e. The zero-order chi connectivity index (χ0) is 32.9. The maximum Gasteiger partial charge on any atom is 0.407 e. The van der Waals surface area contributed by atoms with Crippen molar-refractivity contribution in [2.24, 2.45) is 0 Å². The monoisotopic (exact) mass is 767 g/mol. The third kappa shape index (κ3) is 41.6. The molecule has 0 radical (unpaired) electrons. The third-order valence-corrected chi connectivity index (χ3v) is 6.20. The molecule has 0 fully saturated rings. The first-order valence-corrected chi connectivity index (χ1v) is 17.8. The molecule has 45 heavy (non-hydrogen) atoms. The van der Waals surface area contributed by atoms with Crippen molar-refractivity contribution in [2.45, 2.75) is 52.1 Å². The van der Waals surface area contributed by atoms with Crippen molar-refractivity contribution < 1.29 is 56.9 Å². The Kier molecular flexibility index (Phi) is 36.1. The normalized spacial score (nSPS) is 11.7. The quantitative estimate of drug-likeness (QED) is 0.0568. The molecule has 0 aliphatic rings. The van der Waals surface area contributed by atoms with E-state index in [1.807, 2.05) is 20.8 Å². The first kappa shape index (κ1) is 44.6. The second kappa shape index (κ2) is 36.4. The lowest BCUT2D eigenvalue weighted by Crippen LogP contribution is -2.34. The average Bonchev–Trinajstić information content (AvgIpc) is 3.00. The summed E-state index contributed by atoms with van der Waals surface area (Å²) in [6.45, 7) is 16.4. The molecule has 0 saturated carbocycles. The number of alkyl halides is 1. The fourth-order valence-electron chi connectivity index (χ4n) is 3.27. The van der Waals surface area contributed by atoms with E-state index in [1.165, 1.54) is 23.7 Å². The molecule has 13 nitrogen and oxygen atoms in total. The molecule has 0 saturated heterocycles. The van der Waals surface area contributed by atoms with Crippen LogP contribution in [0.25, 0.3) is 0 Å². The van der Waals surface area contributed by atoms with Gasteiger partial charge in [-0.1, -0.05) is 35.4 Å². The van der Waals surface area contributed by atoms with Crippen molar-refractivity contribution in [2.75, 3.05) is 143 Å². The Bertz CT molecular complexity index is 601. The van der Waals surface area contributed by atoms with Gasteiger partial charge in [0.2, 0.25) is 0 Å². The van der Waals surface area contributed by atoms with E-state index in [-0.39, 0.29) is 0 Å². The predicted octanol–water partition coefficient (Wildman–Crippen LogP) is 3.67. The highest BCUT2D eigenvalue weighted by Gasteiger charge is 2.15. The molecule has 0 bridgehead atoms. The Labute approximate surface area is 285 Å². The van der Waals surface area contributed by atoms with E-state index in [9.17, 15) is 4.79 Å². The molecule has 0 heterocycles. The molecule has 0 atom stereocenters. The molecule has 270 valence electrons. The van der Waals surface area contributed by atoms with Gasteiger partial charge in [-0.25, -0.2) is 4.79 Å². The molecule has 0 unspecified atom stereocenters. The minimum absolute atomic E-state index is 0.386. The van der Waals surface area contributed by atoms with Crippen LogP contribution in [0.4, 0.5) is 4.79 Å². The molecule has 1 N–H and O–H groups in total. The van der Waals surface area contributed by atoms with Gasteiger partial charge >= 0.3 is 6.09 Å². The van der Waals surface area contributed by atoms with Crippen LogP contribution in [0.1, 0.15) is 46.5 Å². The maximum atomic E-state index is 11.5. The summed E-state index contributed by atoms with van der Waals surface area (Å²) in [4.78, 5) is 11.5. The standard InChI is InChI=1S/C31H62INO12/c1-31(2,3)45-30(34)33-9-11-36-13-15-38-17-19-40-21-23-42-25-27-44-29-28-43-26-24-41-22-20-39-18-16-37-14-12-35-10-7-5-4-6-8-32/h4-29H2,1-3H3,(H,33,34). The summed E-state index contributed by atoms with van der Waals surface area (Å²) in [7, 11) is 0. The van der Waals surface area contributed by atoms with Crippen LogP contribution in [0.5, 0.6) is 0 Å². The summed E-state index contributed by atoms with van der Waals surface area (Å²) in [5.74, 6) is 0. The van der Waals surface area contributed by atoms with Gasteiger partial charge in [-0.3, -0.25) is 0 Å². The SMILES string of the molecule is CC(C)(C)OC(=O)NCCOCCOCCOCCOCCOCCOCCOCCOCCOCCOCCCCCCI. The van der Waals surface area contributed by atoms with Crippen molar-refractivity contribution in [1.29, 1.82) is 0 Å². The molecule has 0 aromatic heterocycles. The third-order valence-electron chi connectivity index (χ3n) is 5.44. The van der Waals surface area contributed by atoms with E-state index in [0.29, 0.717) is 132 Å². The van der Waals surface area contributed by atoms with Crippen LogP contribution in [0.15, 0.2) is 0 Å². The number of amides is 1. The fraction of sp³-hybridized carbons (Fsp3) is 0.968. The average molecular weight is 768 g/mol. The summed E-state index contributed by atoms with van der Waals surface area (Å²) in [6, 6.07) is 0. The van der Waals surface area contributed by atoms with Gasteiger partial charge in [0.1, 0.15) is 5.60 Å². The van der Waals surface area contributed by atoms with E-state index in [4.69, 9.17) is 52.1 Å². The van der Waals surface area contributed by atoms with Gasteiger partial charge in [0.15, 0.2) is 0 Å². The molecule has 0 rings (SSSR count). The first-order valence-electron chi connectivity index (χ1n) is 16.3. The van der Waals surface area contributed by atoms with E-state index >= 15 is 0 Å². The summed E-state index contributed by atoms with van der Waals surface area (Å²) in [5, 5.41) is 2.63. The van der Waals surface area contributed by atoms with Gasteiger partial charge in [-0.05, 0) is 38.0 Å². The summed E-state index contributed by atoms with van der Waals surface area (Å²) in [5.41, 5.74) is -0.508. The van der Waals surface area contributed by atoms with E-state index in [0.717, 1.165) is 13.0 Å². The molecular weight excluding hydrogens is 705 g/mol. The molecule has 0 aromatic rings. The van der Waals surface area contributed by atoms with Crippen LogP contribution < -0.4 is 5.32 Å². The number of hydrogen-bond donors (Lipinski definition) is 1. The van der Waals surface area contributed by atoms with Crippen LogP contribution in [0.3, 0.4) is 0 Å². The Balaban J connectivity index is 3.09. The molecular formula is C31H62INO12. The summed E-state index contributed by atoms with van der Waals surface area (Å²) in [6.07, 6.45) is 4.52. The summed E-state index contributed by atoms with van der Waals surface area (Å²) >= 11 is 2.42. The lowest BCUT2D eigenvalue weighted by atomic mass is 10.2. The highest BCUT2D eigenvalue weighted by molar-refractivity contribution is 14.1. The topological polar surface area (TPSA) is 131 Å². The zero-order valence-electron chi connectivity index (χ0n) is 28.2. The number of ether oxygens (including phenoxy) is 11. The lowest BCUT2D eigenvalue weighted by Gasteiger charge is -2.19. The van der Waals surface area contributed by atoms with E-state index < -0.39 is 11.7 Å². The van der Waals surface area contributed by atoms with Crippen LogP contribution in [-0.4, -0.2) is 155 Å². The van der Waals surface area contributed by atoms with Crippen LogP contribution >= 0.6 is 22.6 Å². The van der Waals surface area contributed by atoms with Crippen molar-refractivity contribution in [3.05, 3.63) is 0 Å². The Morgan fingerprint density at radius 2 is 0.733 bits per heavy atom. The van der Waals surface area contributed by atoms with Gasteiger partial charge in [-0.15, -0.1) is 0 Å². The first-order chi connectivity index (χ1) is 22.0. The summed E-state index contributed by atoms with van der Waals surface area (Å²) < 4.78 is 61.1. The minimum atomic E-state index is -0.508. The molecule has 14 heteroatoms. The van der Waals surface area contributed by atoms with Gasteiger partial charge in [0, 0.05) is 13.2 Å². The van der Waals surface area contributed by atoms with Crippen LogP contribution in [-0.2, 0) is 52.1 Å². The number of nitrogens with one attached hydrogen (secondary N) is 1. The van der Waals surface area contributed by atoms with Crippen molar-refractivity contribution >= 4 is 28.7 Å². The second-order valence-electron chi connectivity index (χ2n) is 10.7. The minimum Gasteiger partial charge on any atom is -0.444 e. The fourth-order valence-corrected chi connectivity index (χ4v) is 3.81. The number of carbonyl (C=O) groups is 1. The van der Waals surface area contributed by atoms with Gasteiger partial charge < -0.3 is 57.4 Å². The number of hydrogen-bond acceptors (Lipinski definition) is 12. The largest absolute Gasteiger partial charge is 0.444 e. The highest BCUT2D eigenvalue weighted by atomic mass is 127. The Morgan fingerprint density at radius 1 is 0.444 bits per heavy atom. The van der Waals surface area contributed by atoms with Crippen molar-refractivity contribution in [3.8, 4) is 0 Å².